The number of nitrogens with one attached hydrogen (secondary N) is 1. The average Bonchev–Trinajstić information content (AvgIpc) is 2.79. The summed E-state index contributed by atoms with van der Waals surface area (Å²) in [7, 11) is -3.63. The van der Waals surface area contributed by atoms with Gasteiger partial charge in [-0.1, -0.05) is 30.3 Å². The van der Waals surface area contributed by atoms with E-state index in [4.69, 9.17) is 0 Å². The molecule has 21 heavy (non-hydrogen) atoms. The van der Waals surface area contributed by atoms with Gasteiger partial charge in [0.1, 0.15) is 0 Å². The number of hydrogen-bond donors (Lipinski definition) is 2. The smallest absolute Gasteiger partial charge is 0.242 e. The Morgan fingerprint density at radius 1 is 1.33 bits per heavy atom. The van der Waals surface area contributed by atoms with E-state index in [0.717, 1.165) is 9.35 Å². The molecule has 0 aliphatic carbocycles. The molecule has 0 fully saturated rings. The largest absolute Gasteiger partial charge is 0.395 e. The van der Waals surface area contributed by atoms with E-state index in [1.807, 2.05) is 30.3 Å². The highest BCUT2D eigenvalue weighted by atomic mass is 79.9. The van der Waals surface area contributed by atoms with Crippen LogP contribution >= 0.6 is 27.3 Å². The second-order valence-electron chi connectivity index (χ2n) is 4.66. The summed E-state index contributed by atoms with van der Waals surface area (Å²) < 4.78 is 28.1. The lowest BCUT2D eigenvalue weighted by Gasteiger charge is -2.16. The van der Waals surface area contributed by atoms with Gasteiger partial charge in [-0.05, 0) is 40.9 Å². The minimum atomic E-state index is -3.63. The van der Waals surface area contributed by atoms with Crippen molar-refractivity contribution in [3.8, 4) is 0 Å². The van der Waals surface area contributed by atoms with Gasteiger partial charge in [-0.3, -0.25) is 0 Å². The average molecular weight is 390 g/mol. The molecule has 0 aliphatic rings. The standard InChI is InChI=1S/C14H16BrNO3S2/c1-10-13(8-14(15)20-10)21(18,19)16-12(9-17)7-11-5-3-2-4-6-11/h2-6,8,12,16-17H,7,9H2,1H3/t12-/m1/s1. The topological polar surface area (TPSA) is 66.4 Å². The highest BCUT2D eigenvalue weighted by Crippen LogP contribution is 2.29. The van der Waals surface area contributed by atoms with Crippen molar-refractivity contribution in [3.05, 3.63) is 50.6 Å². The molecule has 1 heterocycles. The molecule has 0 saturated carbocycles. The van der Waals surface area contributed by atoms with E-state index in [9.17, 15) is 13.5 Å². The molecule has 1 aromatic carbocycles. The van der Waals surface area contributed by atoms with Gasteiger partial charge < -0.3 is 5.11 Å². The Morgan fingerprint density at radius 3 is 2.52 bits per heavy atom. The predicted octanol–water partition coefficient (Wildman–Crippen LogP) is 2.70. The first-order valence-electron chi connectivity index (χ1n) is 6.35. The lowest BCUT2D eigenvalue weighted by molar-refractivity contribution is 0.256. The van der Waals surface area contributed by atoms with Crippen LogP contribution in [0.4, 0.5) is 0 Å². The number of aliphatic hydroxyl groups is 1. The van der Waals surface area contributed by atoms with Crippen molar-refractivity contribution in [1.29, 1.82) is 0 Å². The predicted molar refractivity (Wildman–Crippen MR) is 88.1 cm³/mol. The zero-order valence-electron chi connectivity index (χ0n) is 11.4. The molecule has 1 atom stereocenters. The maximum Gasteiger partial charge on any atom is 0.242 e. The number of rotatable bonds is 6. The minimum Gasteiger partial charge on any atom is -0.395 e. The second-order valence-corrected chi connectivity index (χ2v) is 8.98. The third-order valence-corrected chi connectivity index (χ3v) is 6.33. The van der Waals surface area contributed by atoms with Crippen LogP contribution in [0.5, 0.6) is 0 Å². The van der Waals surface area contributed by atoms with Crippen molar-refractivity contribution in [2.75, 3.05) is 6.61 Å². The van der Waals surface area contributed by atoms with Crippen LogP contribution in [0.25, 0.3) is 0 Å². The Morgan fingerprint density at radius 2 is 2.00 bits per heavy atom. The Hall–Kier alpha value is -0.730. The van der Waals surface area contributed by atoms with E-state index in [1.165, 1.54) is 11.3 Å². The van der Waals surface area contributed by atoms with Crippen molar-refractivity contribution in [2.24, 2.45) is 0 Å². The van der Waals surface area contributed by atoms with E-state index in [0.29, 0.717) is 11.3 Å². The van der Waals surface area contributed by atoms with Gasteiger partial charge in [-0.2, -0.15) is 0 Å². The molecule has 2 rings (SSSR count). The molecule has 7 heteroatoms. The first kappa shape index (κ1) is 16.6. The van der Waals surface area contributed by atoms with Crippen molar-refractivity contribution >= 4 is 37.3 Å². The van der Waals surface area contributed by atoms with Crippen LogP contribution in [0.3, 0.4) is 0 Å². The van der Waals surface area contributed by atoms with Crippen LogP contribution in [-0.2, 0) is 16.4 Å². The minimum absolute atomic E-state index is 0.252. The van der Waals surface area contributed by atoms with Gasteiger partial charge in [0.15, 0.2) is 0 Å². The van der Waals surface area contributed by atoms with Gasteiger partial charge in [0.2, 0.25) is 10.0 Å². The van der Waals surface area contributed by atoms with E-state index in [2.05, 4.69) is 20.7 Å². The third kappa shape index (κ3) is 4.37. The van der Waals surface area contributed by atoms with E-state index in [1.54, 1.807) is 13.0 Å². The summed E-state index contributed by atoms with van der Waals surface area (Å²) in [5, 5.41) is 9.44. The van der Waals surface area contributed by atoms with E-state index < -0.39 is 16.1 Å². The Labute approximate surface area is 137 Å². The maximum atomic E-state index is 12.4. The van der Waals surface area contributed by atoms with Crippen molar-refractivity contribution in [3.63, 3.8) is 0 Å². The summed E-state index contributed by atoms with van der Waals surface area (Å²) in [5.74, 6) is 0. The first-order valence-corrected chi connectivity index (χ1v) is 9.44. The van der Waals surface area contributed by atoms with Crippen molar-refractivity contribution in [2.45, 2.75) is 24.3 Å². The molecule has 0 saturated heterocycles. The van der Waals surface area contributed by atoms with E-state index >= 15 is 0 Å². The first-order chi connectivity index (χ1) is 9.92. The fraction of sp³-hybridized carbons (Fsp3) is 0.286. The van der Waals surface area contributed by atoms with Crippen molar-refractivity contribution < 1.29 is 13.5 Å². The van der Waals surface area contributed by atoms with Crippen LogP contribution in [0, 0.1) is 6.92 Å². The highest BCUT2D eigenvalue weighted by molar-refractivity contribution is 9.11. The summed E-state index contributed by atoms with van der Waals surface area (Å²) in [4.78, 5) is 0.969. The number of benzene rings is 1. The Bertz CT molecular complexity index is 698. The van der Waals surface area contributed by atoms with Crippen molar-refractivity contribution in [1.82, 2.24) is 4.72 Å². The number of halogens is 1. The number of thiophene rings is 1. The summed E-state index contributed by atoms with van der Waals surface area (Å²) in [6.07, 6.45) is 0.445. The molecule has 0 spiro atoms. The molecule has 114 valence electrons. The lowest BCUT2D eigenvalue weighted by Crippen LogP contribution is -2.39. The molecule has 1 aromatic heterocycles. The lowest BCUT2D eigenvalue weighted by atomic mass is 10.1. The highest BCUT2D eigenvalue weighted by Gasteiger charge is 2.23. The maximum absolute atomic E-state index is 12.4. The number of hydrogen-bond acceptors (Lipinski definition) is 4. The quantitative estimate of drug-likeness (QED) is 0.797. The molecule has 2 N–H and O–H groups in total. The van der Waals surface area contributed by atoms with Gasteiger partial charge in [-0.15, -0.1) is 11.3 Å². The van der Waals surface area contributed by atoms with Gasteiger partial charge in [0.25, 0.3) is 0 Å². The molecule has 0 bridgehead atoms. The van der Waals surface area contributed by atoms with E-state index in [-0.39, 0.29) is 11.5 Å². The molecule has 4 nitrogen and oxygen atoms in total. The number of sulfonamides is 1. The molecule has 2 aromatic rings. The summed E-state index contributed by atoms with van der Waals surface area (Å²) >= 11 is 4.66. The van der Waals surface area contributed by atoms with Gasteiger partial charge >= 0.3 is 0 Å². The van der Waals surface area contributed by atoms with Gasteiger partial charge in [0.05, 0.1) is 15.3 Å². The van der Waals surface area contributed by atoms with Crippen LogP contribution in [-0.4, -0.2) is 26.2 Å². The van der Waals surface area contributed by atoms with Crippen LogP contribution in [0.1, 0.15) is 10.4 Å². The molecule has 0 radical (unpaired) electrons. The molecule has 0 unspecified atom stereocenters. The summed E-state index contributed by atoms with van der Waals surface area (Å²) in [5.41, 5.74) is 0.975. The van der Waals surface area contributed by atoms with Crippen LogP contribution < -0.4 is 4.72 Å². The Balaban J connectivity index is 2.16. The zero-order valence-corrected chi connectivity index (χ0v) is 14.6. The Kier molecular flexibility index (Phi) is 5.56. The second kappa shape index (κ2) is 7.02. The zero-order chi connectivity index (χ0) is 15.5. The third-order valence-electron chi connectivity index (χ3n) is 3.00. The summed E-state index contributed by atoms with van der Waals surface area (Å²) in [6.45, 7) is 1.51. The monoisotopic (exact) mass is 389 g/mol. The molecule has 0 amide bonds. The molecular formula is C14H16BrNO3S2. The fourth-order valence-electron chi connectivity index (χ4n) is 2.02. The fourth-order valence-corrected chi connectivity index (χ4v) is 5.66. The normalized spacial score (nSPS) is 13.3. The van der Waals surface area contributed by atoms with Crippen LogP contribution in [0.15, 0.2) is 45.1 Å². The van der Waals surface area contributed by atoms with Gasteiger partial charge in [0, 0.05) is 10.9 Å². The number of aliphatic hydroxyl groups excluding tert-OH is 1. The molecular weight excluding hydrogens is 374 g/mol. The van der Waals surface area contributed by atoms with Gasteiger partial charge in [-0.25, -0.2) is 13.1 Å². The summed E-state index contributed by atoms with van der Waals surface area (Å²) in [6, 6.07) is 10.5. The SMILES string of the molecule is Cc1sc(Br)cc1S(=O)(=O)N[C@@H](CO)Cc1ccccc1. The molecule has 0 aliphatic heterocycles. The van der Waals surface area contributed by atoms with Crippen LogP contribution in [0.2, 0.25) is 0 Å². The number of aryl methyl sites for hydroxylation is 1.